The van der Waals surface area contributed by atoms with Gasteiger partial charge in [-0.3, -0.25) is 9.78 Å². The van der Waals surface area contributed by atoms with Gasteiger partial charge >= 0.3 is 0 Å². The number of methoxy groups -OCH3 is 3. The maximum Gasteiger partial charge on any atom is 0.227 e. The van der Waals surface area contributed by atoms with Crippen LogP contribution in [0.1, 0.15) is 38.8 Å². The van der Waals surface area contributed by atoms with E-state index in [0.29, 0.717) is 41.7 Å². The molecule has 0 aliphatic heterocycles. The number of nitrogens with zero attached hydrogens (tertiary/aromatic N) is 1. The number of ether oxygens (including phenoxy) is 4. The fourth-order valence-electron chi connectivity index (χ4n) is 3.83. The Morgan fingerprint density at radius 2 is 1.62 bits per heavy atom. The lowest BCUT2D eigenvalue weighted by Crippen LogP contribution is -2.24. The first-order chi connectivity index (χ1) is 16.3. The molecule has 3 rings (SSSR count). The van der Waals surface area contributed by atoms with Crippen molar-refractivity contribution in [1.82, 2.24) is 4.98 Å². The molecule has 0 saturated heterocycles. The molecule has 1 aromatic heterocycles. The van der Waals surface area contributed by atoms with E-state index < -0.39 is 0 Å². The van der Waals surface area contributed by atoms with Crippen LogP contribution in [-0.2, 0) is 11.2 Å². The number of hydrogen-bond acceptors (Lipinski definition) is 6. The van der Waals surface area contributed by atoms with Gasteiger partial charge in [0.2, 0.25) is 11.7 Å². The standard InChI is InChI=1S/C27H34N2O5/c1-8-34-22-10-9-20-19(11-18-12-23(31-5)26(33-7)24(13-18)32-6)14-28-15-21(20)25(22)29-27(30)17(4)16(2)3/h9-10,12-17H,8,11H2,1-7H3,(H,29,30)/t17-/m1/s1. The summed E-state index contributed by atoms with van der Waals surface area (Å²) in [6.45, 7) is 8.42. The molecule has 2 aromatic carbocycles. The van der Waals surface area contributed by atoms with Crippen molar-refractivity contribution in [3.63, 3.8) is 0 Å². The normalized spacial score (nSPS) is 11.9. The van der Waals surface area contributed by atoms with E-state index in [1.165, 1.54) is 0 Å². The highest BCUT2D eigenvalue weighted by atomic mass is 16.5. The van der Waals surface area contributed by atoms with Crippen molar-refractivity contribution in [2.45, 2.75) is 34.1 Å². The number of nitrogens with one attached hydrogen (secondary N) is 1. The predicted octanol–water partition coefficient (Wildman–Crippen LogP) is 5.48. The van der Waals surface area contributed by atoms with Gasteiger partial charge in [0.15, 0.2) is 11.5 Å². The largest absolute Gasteiger partial charge is 0.493 e. The fourth-order valence-corrected chi connectivity index (χ4v) is 3.83. The summed E-state index contributed by atoms with van der Waals surface area (Å²) in [6.07, 6.45) is 4.20. The van der Waals surface area contributed by atoms with Crippen molar-refractivity contribution >= 4 is 22.4 Å². The number of carbonyl (C=O) groups excluding carboxylic acids is 1. The Morgan fingerprint density at radius 3 is 2.18 bits per heavy atom. The van der Waals surface area contributed by atoms with Crippen molar-refractivity contribution in [1.29, 1.82) is 0 Å². The van der Waals surface area contributed by atoms with Gasteiger partial charge in [0.05, 0.1) is 33.6 Å². The average molecular weight is 467 g/mol. The molecule has 34 heavy (non-hydrogen) atoms. The molecule has 7 heteroatoms. The van der Waals surface area contributed by atoms with Gasteiger partial charge in [0.1, 0.15) is 5.75 Å². The van der Waals surface area contributed by atoms with Crippen molar-refractivity contribution in [3.8, 4) is 23.0 Å². The Balaban J connectivity index is 2.08. The molecule has 0 saturated carbocycles. The quantitative estimate of drug-likeness (QED) is 0.426. The zero-order valence-electron chi connectivity index (χ0n) is 21.0. The number of benzene rings is 2. The smallest absolute Gasteiger partial charge is 0.227 e. The predicted molar refractivity (Wildman–Crippen MR) is 134 cm³/mol. The highest BCUT2D eigenvalue weighted by Crippen LogP contribution is 2.40. The summed E-state index contributed by atoms with van der Waals surface area (Å²) in [5.74, 6) is 2.41. The van der Waals surface area contributed by atoms with Gasteiger partial charge in [-0.15, -0.1) is 0 Å². The van der Waals surface area contributed by atoms with Gasteiger partial charge < -0.3 is 24.3 Å². The number of pyridine rings is 1. The van der Waals surface area contributed by atoms with E-state index in [1.54, 1.807) is 27.5 Å². The monoisotopic (exact) mass is 466 g/mol. The Labute approximate surface area is 201 Å². The van der Waals surface area contributed by atoms with E-state index in [2.05, 4.69) is 10.3 Å². The van der Waals surface area contributed by atoms with Crippen LogP contribution in [0.4, 0.5) is 5.69 Å². The molecule has 1 amide bonds. The van der Waals surface area contributed by atoms with Crippen LogP contribution in [0.5, 0.6) is 23.0 Å². The van der Waals surface area contributed by atoms with Crippen LogP contribution in [0.3, 0.4) is 0 Å². The van der Waals surface area contributed by atoms with Gasteiger partial charge in [-0.1, -0.05) is 26.8 Å². The Morgan fingerprint density at radius 1 is 0.941 bits per heavy atom. The highest BCUT2D eigenvalue weighted by molar-refractivity contribution is 6.05. The molecule has 0 aliphatic rings. The van der Waals surface area contributed by atoms with Crippen molar-refractivity contribution < 1.29 is 23.7 Å². The summed E-state index contributed by atoms with van der Waals surface area (Å²) in [6, 6.07) is 7.78. The van der Waals surface area contributed by atoms with E-state index in [9.17, 15) is 4.79 Å². The maximum atomic E-state index is 12.9. The summed E-state index contributed by atoms with van der Waals surface area (Å²) in [7, 11) is 4.78. The average Bonchev–Trinajstić information content (AvgIpc) is 2.84. The summed E-state index contributed by atoms with van der Waals surface area (Å²) in [5.41, 5.74) is 2.63. The van der Waals surface area contributed by atoms with Crippen molar-refractivity contribution in [2.75, 3.05) is 33.3 Å². The third kappa shape index (κ3) is 5.19. The molecule has 0 spiro atoms. The molecule has 1 heterocycles. The first-order valence-corrected chi connectivity index (χ1v) is 11.5. The molecular weight excluding hydrogens is 432 g/mol. The van der Waals surface area contributed by atoms with E-state index in [-0.39, 0.29) is 17.7 Å². The fraction of sp³-hybridized carbons (Fsp3) is 0.407. The number of carbonyl (C=O) groups is 1. The number of rotatable bonds is 10. The Bertz CT molecular complexity index is 1130. The van der Waals surface area contributed by atoms with Crippen LogP contribution in [0.25, 0.3) is 10.8 Å². The lowest BCUT2D eigenvalue weighted by atomic mass is 9.96. The Hall–Kier alpha value is -3.48. The molecular formula is C27H34N2O5. The second-order valence-electron chi connectivity index (χ2n) is 8.50. The van der Waals surface area contributed by atoms with E-state index >= 15 is 0 Å². The minimum Gasteiger partial charge on any atom is -0.493 e. The Kier molecular flexibility index (Phi) is 8.21. The molecule has 3 aromatic rings. The van der Waals surface area contributed by atoms with Gasteiger partial charge in [-0.05, 0) is 54.0 Å². The number of anilines is 1. The van der Waals surface area contributed by atoms with Crippen LogP contribution in [-0.4, -0.2) is 38.8 Å². The first kappa shape index (κ1) is 25.1. The topological polar surface area (TPSA) is 78.9 Å². The SMILES string of the molecule is CCOc1ccc2c(Cc3cc(OC)c(OC)c(OC)c3)cncc2c1NC(=O)[C@H](C)C(C)C. The number of aromatic nitrogens is 1. The van der Waals surface area contributed by atoms with Gasteiger partial charge in [0.25, 0.3) is 0 Å². The molecule has 0 aliphatic carbocycles. The molecule has 1 atom stereocenters. The van der Waals surface area contributed by atoms with Crippen LogP contribution < -0.4 is 24.3 Å². The third-order valence-electron chi connectivity index (χ3n) is 6.07. The van der Waals surface area contributed by atoms with Crippen LogP contribution in [0.2, 0.25) is 0 Å². The lowest BCUT2D eigenvalue weighted by Gasteiger charge is -2.19. The molecule has 182 valence electrons. The van der Waals surface area contributed by atoms with Gasteiger partial charge in [0, 0.05) is 23.7 Å². The summed E-state index contributed by atoms with van der Waals surface area (Å²) >= 11 is 0. The molecule has 0 radical (unpaired) electrons. The van der Waals surface area contributed by atoms with E-state index in [0.717, 1.165) is 21.9 Å². The molecule has 0 bridgehead atoms. The van der Waals surface area contributed by atoms with Crippen LogP contribution in [0.15, 0.2) is 36.7 Å². The molecule has 0 unspecified atom stereocenters. The summed E-state index contributed by atoms with van der Waals surface area (Å²) in [4.78, 5) is 17.4. The van der Waals surface area contributed by atoms with Gasteiger partial charge in [-0.2, -0.15) is 0 Å². The minimum absolute atomic E-state index is 0.0431. The first-order valence-electron chi connectivity index (χ1n) is 11.5. The number of amides is 1. The zero-order chi connectivity index (χ0) is 24.8. The lowest BCUT2D eigenvalue weighted by molar-refractivity contribution is -0.120. The van der Waals surface area contributed by atoms with Crippen molar-refractivity contribution in [3.05, 3.63) is 47.8 Å². The van der Waals surface area contributed by atoms with Gasteiger partial charge in [-0.25, -0.2) is 0 Å². The maximum absolute atomic E-state index is 12.9. The van der Waals surface area contributed by atoms with Crippen LogP contribution in [0, 0.1) is 11.8 Å². The molecule has 7 nitrogen and oxygen atoms in total. The van der Waals surface area contributed by atoms with E-state index in [1.807, 2.05) is 58.2 Å². The second kappa shape index (κ2) is 11.1. The van der Waals surface area contributed by atoms with Crippen molar-refractivity contribution in [2.24, 2.45) is 11.8 Å². The third-order valence-corrected chi connectivity index (χ3v) is 6.07. The second-order valence-corrected chi connectivity index (χ2v) is 8.50. The zero-order valence-corrected chi connectivity index (χ0v) is 21.0. The highest BCUT2D eigenvalue weighted by Gasteiger charge is 2.21. The number of fused-ring (bicyclic) bond motifs is 1. The minimum atomic E-state index is -0.139. The van der Waals surface area contributed by atoms with Crippen LogP contribution >= 0.6 is 0 Å². The summed E-state index contributed by atoms with van der Waals surface area (Å²) < 4.78 is 22.3. The van der Waals surface area contributed by atoms with E-state index in [4.69, 9.17) is 18.9 Å². The molecule has 0 fully saturated rings. The summed E-state index contributed by atoms with van der Waals surface area (Å²) in [5, 5.41) is 4.92. The molecule has 1 N–H and O–H groups in total. The number of hydrogen-bond donors (Lipinski definition) is 1.